The predicted molar refractivity (Wildman–Crippen MR) is 94.3 cm³/mol. The molecular formula is C18H21ClN2O4. The van der Waals surface area contributed by atoms with E-state index in [2.05, 4.69) is 10.9 Å². The van der Waals surface area contributed by atoms with Gasteiger partial charge >= 0.3 is 0 Å². The molecule has 1 aliphatic heterocycles. The van der Waals surface area contributed by atoms with Crippen molar-refractivity contribution >= 4 is 29.5 Å². The summed E-state index contributed by atoms with van der Waals surface area (Å²) in [6.07, 6.45) is 8.01. The second-order valence-corrected chi connectivity index (χ2v) is 6.58. The molecule has 2 amide bonds. The molecule has 134 valence electrons. The molecule has 0 spiro atoms. The molecule has 1 aliphatic carbocycles. The largest absolute Gasteiger partial charge is 0.486 e. The molecule has 1 aromatic carbocycles. The van der Waals surface area contributed by atoms with Gasteiger partial charge in [0.05, 0.1) is 5.02 Å². The van der Waals surface area contributed by atoms with Gasteiger partial charge in [0.15, 0.2) is 11.5 Å². The number of fused-ring (bicyclic) bond motifs is 1. The minimum atomic E-state index is -0.407. The predicted octanol–water partition coefficient (Wildman–Crippen LogP) is 2.85. The number of benzene rings is 1. The van der Waals surface area contributed by atoms with E-state index in [9.17, 15) is 9.59 Å². The van der Waals surface area contributed by atoms with Crippen LogP contribution in [0.25, 0.3) is 6.08 Å². The average molecular weight is 365 g/mol. The first-order chi connectivity index (χ1) is 12.1. The number of hydrogen-bond donors (Lipinski definition) is 2. The Labute approximate surface area is 151 Å². The van der Waals surface area contributed by atoms with Gasteiger partial charge in [0.1, 0.15) is 13.2 Å². The van der Waals surface area contributed by atoms with Crippen molar-refractivity contribution in [2.45, 2.75) is 32.1 Å². The van der Waals surface area contributed by atoms with Crippen molar-refractivity contribution in [2.24, 2.45) is 5.92 Å². The van der Waals surface area contributed by atoms with Crippen LogP contribution in [0, 0.1) is 5.92 Å². The number of carbonyl (C=O) groups is 2. The highest BCUT2D eigenvalue weighted by Crippen LogP contribution is 2.38. The highest BCUT2D eigenvalue weighted by molar-refractivity contribution is 6.32. The van der Waals surface area contributed by atoms with Gasteiger partial charge < -0.3 is 9.47 Å². The lowest BCUT2D eigenvalue weighted by Crippen LogP contribution is -2.44. The summed E-state index contributed by atoms with van der Waals surface area (Å²) in [6, 6.07) is 3.45. The highest BCUT2D eigenvalue weighted by atomic mass is 35.5. The Kier molecular flexibility index (Phi) is 5.81. The smallest absolute Gasteiger partial charge is 0.262 e. The van der Waals surface area contributed by atoms with Crippen LogP contribution >= 0.6 is 11.6 Å². The zero-order chi connectivity index (χ0) is 17.6. The zero-order valence-corrected chi connectivity index (χ0v) is 14.6. The molecule has 0 atom stereocenters. The molecule has 1 saturated carbocycles. The van der Waals surface area contributed by atoms with E-state index in [4.69, 9.17) is 21.1 Å². The number of halogens is 1. The van der Waals surface area contributed by atoms with Crippen molar-refractivity contribution in [3.05, 3.63) is 28.8 Å². The second kappa shape index (κ2) is 8.25. The van der Waals surface area contributed by atoms with Crippen LogP contribution in [-0.4, -0.2) is 25.0 Å². The molecule has 6 nitrogen and oxygen atoms in total. The van der Waals surface area contributed by atoms with Crippen molar-refractivity contribution in [1.29, 1.82) is 0 Å². The Bertz CT molecular complexity index is 684. The molecule has 2 N–H and O–H groups in total. The SMILES string of the molecule is O=C(/C=C/c1cc(Cl)c2c(c1)OCCO2)NNC(=O)C1CCCCC1. The number of hydrazine groups is 1. The molecule has 3 rings (SSSR count). The summed E-state index contributed by atoms with van der Waals surface area (Å²) in [4.78, 5) is 23.9. The third-order valence-corrected chi connectivity index (χ3v) is 4.61. The van der Waals surface area contributed by atoms with Gasteiger partial charge in [-0.25, -0.2) is 0 Å². The van der Waals surface area contributed by atoms with E-state index >= 15 is 0 Å². The van der Waals surface area contributed by atoms with Crippen molar-refractivity contribution < 1.29 is 19.1 Å². The fraction of sp³-hybridized carbons (Fsp3) is 0.444. The first-order valence-electron chi connectivity index (χ1n) is 8.50. The first-order valence-corrected chi connectivity index (χ1v) is 8.88. The van der Waals surface area contributed by atoms with E-state index in [1.54, 1.807) is 18.2 Å². The van der Waals surface area contributed by atoms with Crippen LogP contribution in [0.15, 0.2) is 18.2 Å². The standard InChI is InChI=1S/C18H21ClN2O4/c19-14-10-12(11-15-17(14)25-9-8-24-15)6-7-16(22)20-21-18(23)13-4-2-1-3-5-13/h6-7,10-11,13H,1-5,8-9H2,(H,20,22)(H,21,23)/b7-6+. The topological polar surface area (TPSA) is 76.7 Å². The summed E-state index contributed by atoms with van der Waals surface area (Å²) >= 11 is 6.15. The van der Waals surface area contributed by atoms with Crippen LogP contribution in [0.4, 0.5) is 0 Å². The monoisotopic (exact) mass is 364 g/mol. The summed E-state index contributed by atoms with van der Waals surface area (Å²) < 4.78 is 10.9. The molecule has 0 aromatic heterocycles. The van der Waals surface area contributed by atoms with Crippen LogP contribution in [0.5, 0.6) is 11.5 Å². The molecular weight excluding hydrogens is 344 g/mol. The van der Waals surface area contributed by atoms with Gasteiger partial charge in [-0.05, 0) is 36.6 Å². The highest BCUT2D eigenvalue weighted by Gasteiger charge is 2.21. The lowest BCUT2D eigenvalue weighted by atomic mass is 9.89. The van der Waals surface area contributed by atoms with Crippen molar-refractivity contribution in [1.82, 2.24) is 10.9 Å². The Balaban J connectivity index is 1.54. The molecule has 1 heterocycles. The maximum absolute atomic E-state index is 12.0. The zero-order valence-electron chi connectivity index (χ0n) is 13.8. The molecule has 1 fully saturated rings. The third-order valence-electron chi connectivity index (χ3n) is 4.33. The number of nitrogens with one attached hydrogen (secondary N) is 2. The summed E-state index contributed by atoms with van der Waals surface area (Å²) in [5, 5.41) is 0.433. The Morgan fingerprint density at radius 2 is 1.84 bits per heavy atom. The number of carbonyl (C=O) groups excluding carboxylic acids is 2. The number of ether oxygens (including phenoxy) is 2. The minimum Gasteiger partial charge on any atom is -0.486 e. The van der Waals surface area contributed by atoms with Crippen LogP contribution in [0.1, 0.15) is 37.7 Å². The second-order valence-electron chi connectivity index (χ2n) is 6.17. The van der Waals surface area contributed by atoms with E-state index in [0.717, 1.165) is 25.7 Å². The van der Waals surface area contributed by atoms with Crippen LogP contribution in [-0.2, 0) is 9.59 Å². The minimum absolute atomic E-state index is 0.00497. The lowest BCUT2D eigenvalue weighted by molar-refractivity contribution is -0.130. The molecule has 25 heavy (non-hydrogen) atoms. The van der Waals surface area contributed by atoms with Crippen molar-refractivity contribution in [3.8, 4) is 11.5 Å². The summed E-state index contributed by atoms with van der Waals surface area (Å²) in [5.41, 5.74) is 5.61. The van der Waals surface area contributed by atoms with E-state index < -0.39 is 5.91 Å². The number of rotatable bonds is 3. The van der Waals surface area contributed by atoms with E-state index in [0.29, 0.717) is 35.3 Å². The Morgan fingerprint density at radius 1 is 1.08 bits per heavy atom. The lowest BCUT2D eigenvalue weighted by Gasteiger charge is -2.20. The first kappa shape index (κ1) is 17.6. The number of hydrogen-bond acceptors (Lipinski definition) is 4. The van der Waals surface area contributed by atoms with Crippen molar-refractivity contribution in [3.63, 3.8) is 0 Å². The fourth-order valence-corrected chi connectivity index (χ4v) is 3.30. The van der Waals surface area contributed by atoms with Crippen LogP contribution in [0.2, 0.25) is 5.02 Å². The molecule has 7 heteroatoms. The summed E-state index contributed by atoms with van der Waals surface area (Å²) in [6.45, 7) is 0.926. The molecule has 0 saturated heterocycles. The van der Waals surface area contributed by atoms with Gasteiger partial charge in [0.25, 0.3) is 5.91 Å². The van der Waals surface area contributed by atoms with Crippen LogP contribution < -0.4 is 20.3 Å². The maximum atomic E-state index is 12.0. The molecule has 2 aliphatic rings. The van der Waals surface area contributed by atoms with Crippen LogP contribution in [0.3, 0.4) is 0 Å². The van der Waals surface area contributed by atoms with Gasteiger partial charge in [-0.15, -0.1) is 0 Å². The average Bonchev–Trinajstić information content (AvgIpc) is 2.65. The third kappa shape index (κ3) is 4.66. The van der Waals surface area contributed by atoms with Gasteiger partial charge in [0.2, 0.25) is 5.91 Å². The molecule has 0 bridgehead atoms. The van der Waals surface area contributed by atoms with Gasteiger partial charge in [-0.3, -0.25) is 20.4 Å². The molecule has 0 radical (unpaired) electrons. The van der Waals surface area contributed by atoms with E-state index in [1.165, 1.54) is 12.5 Å². The van der Waals surface area contributed by atoms with Crippen molar-refractivity contribution in [2.75, 3.05) is 13.2 Å². The van der Waals surface area contributed by atoms with Gasteiger partial charge in [0, 0.05) is 12.0 Å². The Hall–Kier alpha value is -2.21. The van der Waals surface area contributed by atoms with E-state index in [1.807, 2.05) is 0 Å². The quantitative estimate of drug-likeness (QED) is 0.638. The summed E-state index contributed by atoms with van der Waals surface area (Å²) in [5.74, 6) is 0.548. The van der Waals surface area contributed by atoms with Gasteiger partial charge in [-0.2, -0.15) is 0 Å². The van der Waals surface area contributed by atoms with E-state index in [-0.39, 0.29) is 11.8 Å². The summed E-state index contributed by atoms with van der Waals surface area (Å²) in [7, 11) is 0. The Morgan fingerprint density at radius 3 is 2.64 bits per heavy atom. The normalized spacial score (nSPS) is 17.3. The molecule has 0 unspecified atom stereocenters. The molecule has 1 aromatic rings. The fourth-order valence-electron chi connectivity index (χ4n) is 3.03. The maximum Gasteiger partial charge on any atom is 0.262 e. The number of amides is 2. The van der Waals surface area contributed by atoms with Gasteiger partial charge in [-0.1, -0.05) is 30.9 Å².